The van der Waals surface area contributed by atoms with E-state index in [0.29, 0.717) is 0 Å². The van der Waals surface area contributed by atoms with Gasteiger partial charge in [-0.25, -0.2) is 5.48 Å². The molecule has 0 bridgehead atoms. The summed E-state index contributed by atoms with van der Waals surface area (Å²) in [4.78, 5) is 7.47. The molecular weight excluding hydrogens is 128 g/mol. The summed E-state index contributed by atoms with van der Waals surface area (Å²) in [6.07, 6.45) is 2.31. The van der Waals surface area contributed by atoms with E-state index < -0.39 is 0 Å². The fraction of sp³-hybridized carbons (Fsp3) is 1.00. The first kappa shape index (κ1) is 7.98. The molecule has 1 N–H and O–H groups in total. The van der Waals surface area contributed by atoms with Gasteiger partial charge >= 0.3 is 0 Å². The molecule has 0 aliphatic carbocycles. The first-order valence-corrected chi connectivity index (χ1v) is 3.93. The van der Waals surface area contributed by atoms with Crippen molar-refractivity contribution in [1.29, 1.82) is 0 Å². The highest BCUT2D eigenvalue weighted by Crippen LogP contribution is 1.92. The average Bonchev–Trinajstić information content (AvgIpc) is 2.02. The second-order valence-electron chi connectivity index (χ2n) is 2.75. The molecule has 10 heavy (non-hydrogen) atoms. The monoisotopic (exact) mass is 144 g/mol. The molecule has 1 fully saturated rings. The van der Waals surface area contributed by atoms with Crippen LogP contribution >= 0.6 is 0 Å². The number of hydroxylamine groups is 1. The van der Waals surface area contributed by atoms with Gasteiger partial charge in [0.2, 0.25) is 0 Å². The lowest BCUT2D eigenvalue weighted by Gasteiger charge is -2.13. The van der Waals surface area contributed by atoms with Gasteiger partial charge in [0.25, 0.3) is 0 Å². The molecule has 0 radical (unpaired) electrons. The van der Waals surface area contributed by atoms with Crippen molar-refractivity contribution < 1.29 is 4.84 Å². The van der Waals surface area contributed by atoms with Crippen LogP contribution in [0.2, 0.25) is 0 Å². The Morgan fingerprint density at radius 2 is 2.10 bits per heavy atom. The molecule has 1 aliphatic heterocycles. The number of rotatable bonds is 0. The van der Waals surface area contributed by atoms with Crippen LogP contribution in [0.3, 0.4) is 0 Å². The Labute approximate surface area is 62.3 Å². The summed E-state index contributed by atoms with van der Waals surface area (Å²) in [5.41, 5.74) is 2.92. The van der Waals surface area contributed by atoms with Gasteiger partial charge in [-0.2, -0.15) is 0 Å². The van der Waals surface area contributed by atoms with E-state index >= 15 is 0 Å². The Kier molecular flexibility index (Phi) is 3.72. The van der Waals surface area contributed by atoms with Crippen LogP contribution in [0.15, 0.2) is 0 Å². The predicted molar refractivity (Wildman–Crippen MR) is 40.7 cm³/mol. The van der Waals surface area contributed by atoms with E-state index in [4.69, 9.17) is 4.84 Å². The second kappa shape index (κ2) is 4.66. The third-order valence-electron chi connectivity index (χ3n) is 1.71. The minimum Gasteiger partial charge on any atom is -0.306 e. The van der Waals surface area contributed by atoms with E-state index in [0.717, 1.165) is 26.1 Å². The summed E-state index contributed by atoms with van der Waals surface area (Å²) in [6.45, 7) is 4.15. The topological polar surface area (TPSA) is 24.5 Å². The summed E-state index contributed by atoms with van der Waals surface area (Å²) in [6, 6.07) is 0. The molecule has 1 rings (SSSR count). The third-order valence-corrected chi connectivity index (χ3v) is 1.71. The smallest absolute Gasteiger partial charge is 0.0694 e. The first-order valence-electron chi connectivity index (χ1n) is 3.93. The van der Waals surface area contributed by atoms with Gasteiger partial charge in [-0.05, 0) is 26.4 Å². The normalized spacial score (nSPS) is 24.9. The average molecular weight is 144 g/mol. The molecule has 1 heterocycles. The number of nitrogens with one attached hydrogen (secondary N) is 1. The Morgan fingerprint density at radius 3 is 3.00 bits per heavy atom. The van der Waals surface area contributed by atoms with Crippen molar-refractivity contribution in [3.8, 4) is 0 Å². The molecule has 60 valence electrons. The Bertz CT molecular complexity index is 77.7. The van der Waals surface area contributed by atoms with Gasteiger partial charge in [0.05, 0.1) is 6.61 Å². The summed E-state index contributed by atoms with van der Waals surface area (Å²) >= 11 is 0. The van der Waals surface area contributed by atoms with Crippen LogP contribution < -0.4 is 5.48 Å². The number of hydrogen-bond donors (Lipinski definition) is 1. The van der Waals surface area contributed by atoms with E-state index in [1.165, 1.54) is 13.0 Å². The lowest BCUT2D eigenvalue weighted by atomic mass is 10.3. The van der Waals surface area contributed by atoms with Crippen LogP contribution in [0.4, 0.5) is 0 Å². The fourth-order valence-corrected chi connectivity index (χ4v) is 1.08. The zero-order chi connectivity index (χ0) is 7.23. The molecule has 1 saturated heterocycles. The molecule has 0 atom stereocenters. The molecule has 0 aromatic carbocycles. The second-order valence-corrected chi connectivity index (χ2v) is 2.75. The fourth-order valence-electron chi connectivity index (χ4n) is 1.08. The van der Waals surface area contributed by atoms with Crippen LogP contribution in [0.25, 0.3) is 0 Å². The van der Waals surface area contributed by atoms with Crippen molar-refractivity contribution in [3.63, 3.8) is 0 Å². The van der Waals surface area contributed by atoms with Gasteiger partial charge < -0.3 is 9.74 Å². The minimum atomic E-state index is 0.838. The minimum absolute atomic E-state index is 0.838. The maximum Gasteiger partial charge on any atom is 0.0694 e. The molecule has 3 heteroatoms. The van der Waals surface area contributed by atoms with E-state index in [1.807, 2.05) is 0 Å². The Balaban J connectivity index is 2.15. The standard InChI is InChI=1S/C7H16N2O/c1-9-5-2-4-8-10-7-3-6-9/h8H,2-7H2,1H3. The molecule has 1 aliphatic rings. The lowest BCUT2D eigenvalue weighted by molar-refractivity contribution is 0.0421. The lowest BCUT2D eigenvalue weighted by Crippen LogP contribution is -2.21. The van der Waals surface area contributed by atoms with Crippen molar-refractivity contribution in [2.75, 3.05) is 33.3 Å². The van der Waals surface area contributed by atoms with Crippen molar-refractivity contribution in [2.45, 2.75) is 12.8 Å². The maximum absolute atomic E-state index is 5.13. The van der Waals surface area contributed by atoms with Gasteiger partial charge in [0, 0.05) is 13.1 Å². The molecular formula is C7H16N2O. The molecule has 0 saturated carbocycles. The highest BCUT2D eigenvalue weighted by molar-refractivity contribution is 4.53. The first-order chi connectivity index (χ1) is 4.89. The highest BCUT2D eigenvalue weighted by Gasteiger charge is 2.00. The summed E-state index contributed by atoms with van der Waals surface area (Å²) in [7, 11) is 2.16. The van der Waals surface area contributed by atoms with Crippen LogP contribution in [0.1, 0.15) is 12.8 Å². The van der Waals surface area contributed by atoms with Gasteiger partial charge in [0.1, 0.15) is 0 Å². The van der Waals surface area contributed by atoms with Gasteiger partial charge in [-0.15, -0.1) is 0 Å². The van der Waals surface area contributed by atoms with Crippen LogP contribution in [-0.2, 0) is 4.84 Å². The van der Waals surface area contributed by atoms with Gasteiger partial charge in [-0.3, -0.25) is 0 Å². The molecule has 0 aromatic heterocycles. The van der Waals surface area contributed by atoms with Crippen molar-refractivity contribution in [1.82, 2.24) is 10.4 Å². The maximum atomic E-state index is 5.13. The zero-order valence-corrected chi connectivity index (χ0v) is 6.60. The van der Waals surface area contributed by atoms with Crippen LogP contribution in [0.5, 0.6) is 0 Å². The summed E-state index contributed by atoms with van der Waals surface area (Å²) in [5.74, 6) is 0. The van der Waals surface area contributed by atoms with Crippen molar-refractivity contribution in [3.05, 3.63) is 0 Å². The van der Waals surface area contributed by atoms with Crippen molar-refractivity contribution >= 4 is 0 Å². The third kappa shape index (κ3) is 3.15. The zero-order valence-electron chi connectivity index (χ0n) is 6.60. The van der Waals surface area contributed by atoms with Gasteiger partial charge in [-0.1, -0.05) is 0 Å². The van der Waals surface area contributed by atoms with Crippen LogP contribution in [-0.4, -0.2) is 38.2 Å². The molecule has 0 aromatic rings. The highest BCUT2D eigenvalue weighted by atomic mass is 16.6. The summed E-state index contributed by atoms with van der Waals surface area (Å²) in [5, 5.41) is 0. The largest absolute Gasteiger partial charge is 0.306 e. The quantitative estimate of drug-likeness (QED) is 0.527. The van der Waals surface area contributed by atoms with E-state index in [2.05, 4.69) is 17.4 Å². The van der Waals surface area contributed by atoms with E-state index in [-0.39, 0.29) is 0 Å². The Morgan fingerprint density at radius 1 is 1.30 bits per heavy atom. The molecule has 0 unspecified atom stereocenters. The van der Waals surface area contributed by atoms with E-state index in [9.17, 15) is 0 Å². The van der Waals surface area contributed by atoms with Crippen molar-refractivity contribution in [2.24, 2.45) is 0 Å². The SMILES string of the molecule is CN1CCCNOCCC1. The van der Waals surface area contributed by atoms with Gasteiger partial charge in [0.15, 0.2) is 0 Å². The molecule has 0 amide bonds. The van der Waals surface area contributed by atoms with E-state index in [1.54, 1.807) is 0 Å². The molecule has 3 nitrogen and oxygen atoms in total. The molecule has 0 spiro atoms. The summed E-state index contributed by atoms with van der Waals surface area (Å²) < 4.78 is 0. The Hall–Kier alpha value is -0.120. The number of hydrogen-bond acceptors (Lipinski definition) is 3. The van der Waals surface area contributed by atoms with Crippen LogP contribution in [0, 0.1) is 0 Å². The number of nitrogens with zero attached hydrogens (tertiary/aromatic N) is 1. The predicted octanol–water partition coefficient (Wildman–Crippen LogP) is 0.233.